The van der Waals surface area contributed by atoms with Gasteiger partial charge in [0.2, 0.25) is 0 Å². The minimum atomic E-state index is 0.551. The Balaban J connectivity index is 2.02. The fourth-order valence-corrected chi connectivity index (χ4v) is 2.52. The van der Waals surface area contributed by atoms with Crippen LogP contribution in [0, 0.1) is 0 Å². The van der Waals surface area contributed by atoms with Gasteiger partial charge in [0.25, 0.3) is 0 Å². The molecule has 0 spiro atoms. The standard InChI is InChI=1S/C14H18N4/c15-13-14(18-9-5-1-2-6-10-18)17-12-8-4-3-7-11(12)16-13/h3-4,7-8H,1-2,5-6,9-10H2,(H2,15,16). The van der Waals surface area contributed by atoms with Crippen LogP contribution in [0.15, 0.2) is 24.3 Å². The van der Waals surface area contributed by atoms with Crippen LogP contribution in [0.5, 0.6) is 0 Å². The van der Waals surface area contributed by atoms with Gasteiger partial charge in [-0.2, -0.15) is 0 Å². The minimum absolute atomic E-state index is 0.551. The Bertz CT molecular complexity index is 544. The van der Waals surface area contributed by atoms with E-state index in [4.69, 9.17) is 5.73 Å². The van der Waals surface area contributed by atoms with E-state index in [9.17, 15) is 0 Å². The largest absolute Gasteiger partial charge is 0.381 e. The number of para-hydroxylation sites is 2. The van der Waals surface area contributed by atoms with Gasteiger partial charge in [-0.15, -0.1) is 0 Å². The van der Waals surface area contributed by atoms with E-state index in [1.165, 1.54) is 25.7 Å². The maximum absolute atomic E-state index is 6.05. The second-order valence-electron chi connectivity index (χ2n) is 4.82. The number of rotatable bonds is 1. The van der Waals surface area contributed by atoms with Crippen LogP contribution in [-0.4, -0.2) is 23.1 Å². The lowest BCUT2D eigenvalue weighted by Gasteiger charge is -2.22. The summed E-state index contributed by atoms with van der Waals surface area (Å²) < 4.78 is 0. The molecule has 1 aromatic carbocycles. The van der Waals surface area contributed by atoms with Gasteiger partial charge in [0.1, 0.15) is 0 Å². The first kappa shape index (κ1) is 11.3. The van der Waals surface area contributed by atoms with E-state index < -0.39 is 0 Å². The van der Waals surface area contributed by atoms with Crippen molar-refractivity contribution in [2.24, 2.45) is 0 Å². The van der Waals surface area contributed by atoms with Crippen molar-refractivity contribution in [2.75, 3.05) is 23.7 Å². The zero-order valence-corrected chi connectivity index (χ0v) is 10.5. The molecule has 0 radical (unpaired) electrons. The normalized spacial score (nSPS) is 16.8. The van der Waals surface area contributed by atoms with E-state index in [1.54, 1.807) is 0 Å². The van der Waals surface area contributed by atoms with Gasteiger partial charge in [-0.1, -0.05) is 25.0 Å². The number of hydrogen-bond donors (Lipinski definition) is 1. The molecule has 1 aliphatic rings. The van der Waals surface area contributed by atoms with Crippen LogP contribution >= 0.6 is 0 Å². The quantitative estimate of drug-likeness (QED) is 0.835. The Morgan fingerprint density at radius 2 is 1.50 bits per heavy atom. The third kappa shape index (κ3) is 2.10. The lowest BCUT2D eigenvalue weighted by Crippen LogP contribution is -2.26. The molecule has 4 heteroatoms. The monoisotopic (exact) mass is 242 g/mol. The van der Waals surface area contributed by atoms with Gasteiger partial charge in [0.05, 0.1) is 11.0 Å². The topological polar surface area (TPSA) is 55.0 Å². The molecule has 0 atom stereocenters. The van der Waals surface area contributed by atoms with Crippen LogP contribution in [-0.2, 0) is 0 Å². The molecular formula is C14H18N4. The molecule has 94 valence electrons. The number of nitrogen functional groups attached to an aromatic ring is 1. The SMILES string of the molecule is Nc1nc2ccccc2nc1N1CCCCCC1. The van der Waals surface area contributed by atoms with Crippen molar-refractivity contribution in [1.29, 1.82) is 0 Å². The molecule has 0 amide bonds. The van der Waals surface area contributed by atoms with Crippen LogP contribution < -0.4 is 10.6 Å². The van der Waals surface area contributed by atoms with Gasteiger partial charge in [-0.25, -0.2) is 9.97 Å². The van der Waals surface area contributed by atoms with Crippen molar-refractivity contribution < 1.29 is 0 Å². The second kappa shape index (κ2) is 4.80. The summed E-state index contributed by atoms with van der Waals surface area (Å²) in [5.74, 6) is 1.41. The number of hydrogen-bond acceptors (Lipinski definition) is 4. The smallest absolute Gasteiger partial charge is 0.172 e. The second-order valence-corrected chi connectivity index (χ2v) is 4.82. The van der Waals surface area contributed by atoms with Crippen molar-refractivity contribution >= 4 is 22.7 Å². The van der Waals surface area contributed by atoms with Crippen LogP contribution in [0.3, 0.4) is 0 Å². The summed E-state index contributed by atoms with van der Waals surface area (Å²) in [5, 5.41) is 0. The highest BCUT2D eigenvalue weighted by molar-refractivity contribution is 5.79. The summed E-state index contributed by atoms with van der Waals surface area (Å²) >= 11 is 0. The first-order valence-electron chi connectivity index (χ1n) is 6.62. The summed E-state index contributed by atoms with van der Waals surface area (Å²) in [4.78, 5) is 11.4. The molecule has 18 heavy (non-hydrogen) atoms. The minimum Gasteiger partial charge on any atom is -0.381 e. The van der Waals surface area contributed by atoms with Gasteiger partial charge in [0.15, 0.2) is 11.6 Å². The summed E-state index contributed by atoms with van der Waals surface area (Å²) in [6, 6.07) is 7.88. The Morgan fingerprint density at radius 1 is 0.889 bits per heavy atom. The highest BCUT2D eigenvalue weighted by Crippen LogP contribution is 2.24. The molecule has 4 nitrogen and oxygen atoms in total. The molecule has 0 unspecified atom stereocenters. The van der Waals surface area contributed by atoms with Gasteiger partial charge in [-0.3, -0.25) is 0 Å². The van der Waals surface area contributed by atoms with Gasteiger partial charge < -0.3 is 10.6 Å². The number of nitrogens with zero attached hydrogens (tertiary/aromatic N) is 3. The summed E-state index contributed by atoms with van der Waals surface area (Å²) in [6.07, 6.45) is 5.04. The summed E-state index contributed by atoms with van der Waals surface area (Å²) in [5.41, 5.74) is 7.84. The average molecular weight is 242 g/mol. The molecule has 2 aromatic rings. The van der Waals surface area contributed by atoms with Crippen molar-refractivity contribution in [3.63, 3.8) is 0 Å². The van der Waals surface area contributed by atoms with Gasteiger partial charge in [0, 0.05) is 13.1 Å². The number of aromatic nitrogens is 2. The summed E-state index contributed by atoms with van der Waals surface area (Å²) in [7, 11) is 0. The molecule has 1 fully saturated rings. The average Bonchev–Trinajstić information content (AvgIpc) is 2.66. The molecule has 1 aromatic heterocycles. The van der Waals surface area contributed by atoms with Crippen LogP contribution in [0.25, 0.3) is 11.0 Å². The first-order valence-corrected chi connectivity index (χ1v) is 6.62. The number of anilines is 2. The predicted molar refractivity (Wildman–Crippen MR) is 74.6 cm³/mol. The van der Waals surface area contributed by atoms with Crippen LogP contribution in [0.1, 0.15) is 25.7 Å². The lowest BCUT2D eigenvalue weighted by molar-refractivity contribution is 0.726. The number of fused-ring (bicyclic) bond motifs is 1. The van der Waals surface area contributed by atoms with E-state index in [-0.39, 0.29) is 0 Å². The lowest BCUT2D eigenvalue weighted by atomic mass is 10.2. The molecule has 2 heterocycles. The molecule has 3 rings (SSSR count). The van der Waals surface area contributed by atoms with Crippen molar-refractivity contribution in [1.82, 2.24) is 9.97 Å². The fraction of sp³-hybridized carbons (Fsp3) is 0.429. The molecule has 1 saturated heterocycles. The highest BCUT2D eigenvalue weighted by Gasteiger charge is 2.15. The third-order valence-corrected chi connectivity index (χ3v) is 3.48. The summed E-state index contributed by atoms with van der Waals surface area (Å²) in [6.45, 7) is 2.08. The van der Waals surface area contributed by atoms with E-state index in [2.05, 4.69) is 14.9 Å². The van der Waals surface area contributed by atoms with E-state index in [0.717, 1.165) is 29.9 Å². The Hall–Kier alpha value is -1.84. The van der Waals surface area contributed by atoms with E-state index in [1.807, 2.05) is 24.3 Å². The van der Waals surface area contributed by atoms with Gasteiger partial charge >= 0.3 is 0 Å². The molecule has 1 aliphatic heterocycles. The van der Waals surface area contributed by atoms with E-state index >= 15 is 0 Å². The third-order valence-electron chi connectivity index (χ3n) is 3.48. The van der Waals surface area contributed by atoms with Crippen molar-refractivity contribution in [3.8, 4) is 0 Å². The zero-order chi connectivity index (χ0) is 12.4. The maximum atomic E-state index is 6.05. The molecular weight excluding hydrogens is 224 g/mol. The molecule has 0 aliphatic carbocycles. The van der Waals surface area contributed by atoms with Crippen LogP contribution in [0.2, 0.25) is 0 Å². The highest BCUT2D eigenvalue weighted by atomic mass is 15.2. The molecule has 2 N–H and O–H groups in total. The number of benzene rings is 1. The van der Waals surface area contributed by atoms with Crippen molar-refractivity contribution in [3.05, 3.63) is 24.3 Å². The number of nitrogens with two attached hydrogens (primary N) is 1. The van der Waals surface area contributed by atoms with Crippen molar-refractivity contribution in [2.45, 2.75) is 25.7 Å². The fourth-order valence-electron chi connectivity index (χ4n) is 2.52. The van der Waals surface area contributed by atoms with Gasteiger partial charge in [-0.05, 0) is 25.0 Å². The van der Waals surface area contributed by atoms with E-state index in [0.29, 0.717) is 5.82 Å². The Labute approximate surface area is 107 Å². The predicted octanol–water partition coefficient (Wildman–Crippen LogP) is 2.59. The first-order chi connectivity index (χ1) is 8.84. The molecule has 0 bridgehead atoms. The Morgan fingerprint density at radius 3 is 2.17 bits per heavy atom. The molecule has 0 saturated carbocycles. The Kier molecular flexibility index (Phi) is 3.00. The van der Waals surface area contributed by atoms with Crippen LogP contribution in [0.4, 0.5) is 11.6 Å². The maximum Gasteiger partial charge on any atom is 0.172 e. The zero-order valence-electron chi connectivity index (χ0n) is 10.5.